The van der Waals surface area contributed by atoms with Gasteiger partial charge in [-0.25, -0.2) is 8.78 Å². The van der Waals surface area contributed by atoms with Gasteiger partial charge in [-0.3, -0.25) is 0 Å². The predicted octanol–water partition coefficient (Wildman–Crippen LogP) is 2.10. The van der Waals surface area contributed by atoms with E-state index in [2.05, 4.69) is 0 Å². The third-order valence-corrected chi connectivity index (χ3v) is 2.20. The van der Waals surface area contributed by atoms with E-state index in [1.54, 1.807) is 24.3 Å². The molecule has 3 nitrogen and oxygen atoms in total. The maximum absolute atomic E-state index is 12.5. The Morgan fingerprint density at radius 3 is 2.41 bits per heavy atom. The highest BCUT2D eigenvalue weighted by Crippen LogP contribution is 2.21. The van der Waals surface area contributed by atoms with Crippen molar-refractivity contribution in [3.8, 4) is 5.75 Å². The summed E-state index contributed by atoms with van der Waals surface area (Å²) >= 11 is 0. The molecule has 0 aliphatic heterocycles. The largest absolute Gasteiger partial charge is 0.487 e. The SMILES string of the molecule is CC(F)(F)COc1ccc(C(O)CCN)cc1. The molecule has 0 amide bonds. The summed E-state index contributed by atoms with van der Waals surface area (Å²) in [4.78, 5) is 0. The van der Waals surface area contributed by atoms with E-state index in [-0.39, 0.29) is 0 Å². The van der Waals surface area contributed by atoms with Crippen molar-refractivity contribution in [1.82, 2.24) is 0 Å². The van der Waals surface area contributed by atoms with Gasteiger partial charge in [-0.15, -0.1) is 0 Å². The minimum atomic E-state index is -2.85. The molecule has 1 rings (SSSR count). The van der Waals surface area contributed by atoms with Crippen LogP contribution in [0.2, 0.25) is 0 Å². The second-order valence-corrected chi connectivity index (χ2v) is 4.02. The quantitative estimate of drug-likeness (QED) is 0.807. The molecule has 0 aromatic heterocycles. The van der Waals surface area contributed by atoms with Gasteiger partial charge in [-0.2, -0.15) is 0 Å². The number of halogens is 2. The highest BCUT2D eigenvalue weighted by Gasteiger charge is 2.21. The van der Waals surface area contributed by atoms with Crippen molar-refractivity contribution in [2.45, 2.75) is 25.4 Å². The van der Waals surface area contributed by atoms with Crippen LogP contribution in [0, 0.1) is 0 Å². The van der Waals surface area contributed by atoms with Crippen LogP contribution in [0.15, 0.2) is 24.3 Å². The molecule has 0 aliphatic rings. The first-order chi connectivity index (χ1) is 7.92. The molecule has 0 spiro atoms. The minimum Gasteiger partial charge on any atom is -0.487 e. The molecule has 96 valence electrons. The Bertz CT molecular complexity index is 335. The number of rotatable bonds is 6. The number of ether oxygens (including phenoxy) is 1. The lowest BCUT2D eigenvalue weighted by Crippen LogP contribution is -2.20. The monoisotopic (exact) mass is 245 g/mol. The molecule has 0 saturated carbocycles. The lowest BCUT2D eigenvalue weighted by atomic mass is 10.1. The van der Waals surface area contributed by atoms with Gasteiger partial charge in [0.15, 0.2) is 6.61 Å². The average Bonchev–Trinajstić information content (AvgIpc) is 2.26. The molecule has 3 N–H and O–H groups in total. The molecule has 1 unspecified atom stereocenters. The first-order valence-electron chi connectivity index (χ1n) is 5.41. The van der Waals surface area contributed by atoms with E-state index in [0.29, 0.717) is 24.3 Å². The van der Waals surface area contributed by atoms with E-state index in [9.17, 15) is 13.9 Å². The summed E-state index contributed by atoms with van der Waals surface area (Å²) in [7, 11) is 0. The first-order valence-corrected chi connectivity index (χ1v) is 5.41. The van der Waals surface area contributed by atoms with Crippen LogP contribution in [0.4, 0.5) is 8.78 Å². The first kappa shape index (κ1) is 13.9. The fraction of sp³-hybridized carbons (Fsp3) is 0.500. The summed E-state index contributed by atoms with van der Waals surface area (Å²) in [6, 6.07) is 6.40. The van der Waals surface area contributed by atoms with Crippen LogP contribution in [-0.4, -0.2) is 24.2 Å². The molecule has 0 aliphatic carbocycles. The zero-order valence-corrected chi connectivity index (χ0v) is 9.70. The topological polar surface area (TPSA) is 55.5 Å². The van der Waals surface area contributed by atoms with E-state index in [1.807, 2.05) is 0 Å². The Balaban J connectivity index is 2.56. The van der Waals surface area contributed by atoms with Crippen LogP contribution < -0.4 is 10.5 Å². The van der Waals surface area contributed by atoms with Gasteiger partial charge in [0, 0.05) is 6.92 Å². The number of hydrogen-bond donors (Lipinski definition) is 2. The van der Waals surface area contributed by atoms with E-state index >= 15 is 0 Å². The van der Waals surface area contributed by atoms with Crippen molar-refractivity contribution in [3.63, 3.8) is 0 Å². The molecule has 1 aromatic rings. The minimum absolute atomic E-state index is 0.357. The fourth-order valence-corrected chi connectivity index (χ4v) is 1.32. The van der Waals surface area contributed by atoms with Gasteiger partial charge in [0.2, 0.25) is 0 Å². The molecule has 5 heteroatoms. The molecule has 0 fully saturated rings. The van der Waals surface area contributed by atoms with Crippen LogP contribution >= 0.6 is 0 Å². The summed E-state index contributed by atoms with van der Waals surface area (Å²) in [6.07, 6.45) is -0.158. The Kier molecular flexibility index (Phi) is 4.84. The molecule has 0 heterocycles. The third-order valence-electron chi connectivity index (χ3n) is 2.20. The standard InChI is InChI=1S/C12H17F2NO2/c1-12(13,14)8-17-10-4-2-9(3-5-10)11(16)6-7-15/h2-5,11,16H,6-8,15H2,1H3. The highest BCUT2D eigenvalue weighted by molar-refractivity contribution is 5.28. The predicted molar refractivity (Wildman–Crippen MR) is 61.2 cm³/mol. The third kappa shape index (κ3) is 5.10. The number of hydrogen-bond acceptors (Lipinski definition) is 3. The second kappa shape index (κ2) is 5.93. The lowest BCUT2D eigenvalue weighted by Gasteiger charge is -2.13. The number of benzene rings is 1. The molecule has 1 aromatic carbocycles. The maximum Gasteiger partial charge on any atom is 0.278 e. The zero-order valence-electron chi connectivity index (χ0n) is 9.70. The molecule has 0 saturated heterocycles. The highest BCUT2D eigenvalue weighted by atomic mass is 19.3. The van der Waals surface area contributed by atoms with Gasteiger partial charge < -0.3 is 15.6 Å². The van der Waals surface area contributed by atoms with Crippen molar-refractivity contribution in [2.75, 3.05) is 13.2 Å². The number of aliphatic hydroxyl groups excluding tert-OH is 1. The Labute approximate surface area is 99.2 Å². The van der Waals surface area contributed by atoms with Gasteiger partial charge in [0.05, 0.1) is 6.10 Å². The van der Waals surface area contributed by atoms with Crippen molar-refractivity contribution in [2.24, 2.45) is 5.73 Å². The molecule has 17 heavy (non-hydrogen) atoms. The molecular formula is C12H17F2NO2. The van der Waals surface area contributed by atoms with Crippen molar-refractivity contribution >= 4 is 0 Å². The summed E-state index contributed by atoms with van der Waals surface area (Å²) < 4.78 is 30.0. The van der Waals surface area contributed by atoms with Crippen molar-refractivity contribution in [1.29, 1.82) is 0 Å². The van der Waals surface area contributed by atoms with Gasteiger partial charge in [0.1, 0.15) is 5.75 Å². The van der Waals surface area contributed by atoms with E-state index in [1.165, 1.54) is 0 Å². The van der Waals surface area contributed by atoms with Crippen molar-refractivity contribution < 1.29 is 18.6 Å². The lowest BCUT2D eigenvalue weighted by molar-refractivity contribution is -0.0229. The molecular weight excluding hydrogens is 228 g/mol. The van der Waals surface area contributed by atoms with Crippen LogP contribution in [0.1, 0.15) is 25.0 Å². The summed E-state index contributed by atoms with van der Waals surface area (Å²) in [5, 5.41) is 9.63. The van der Waals surface area contributed by atoms with Crippen LogP contribution in [0.25, 0.3) is 0 Å². The van der Waals surface area contributed by atoms with Crippen LogP contribution in [0.5, 0.6) is 5.75 Å². The number of nitrogens with two attached hydrogens (primary N) is 1. The number of alkyl halides is 2. The van der Waals surface area contributed by atoms with Crippen molar-refractivity contribution in [3.05, 3.63) is 29.8 Å². The normalized spacial score (nSPS) is 13.5. The van der Waals surface area contributed by atoms with Crippen LogP contribution in [0.3, 0.4) is 0 Å². The molecule has 0 bridgehead atoms. The summed E-state index contributed by atoms with van der Waals surface area (Å²) in [6.45, 7) is 0.533. The fourth-order valence-electron chi connectivity index (χ4n) is 1.32. The molecule has 0 radical (unpaired) electrons. The van der Waals surface area contributed by atoms with Crippen LogP contribution in [-0.2, 0) is 0 Å². The van der Waals surface area contributed by atoms with Gasteiger partial charge in [-0.1, -0.05) is 12.1 Å². The Morgan fingerprint density at radius 1 is 1.35 bits per heavy atom. The molecule has 1 atom stereocenters. The Morgan fingerprint density at radius 2 is 1.94 bits per heavy atom. The number of aliphatic hydroxyl groups is 1. The Hall–Kier alpha value is -1.20. The summed E-state index contributed by atoms with van der Waals surface area (Å²) in [5.41, 5.74) is 6.02. The zero-order chi connectivity index (χ0) is 12.9. The average molecular weight is 245 g/mol. The van der Waals surface area contributed by atoms with E-state index in [4.69, 9.17) is 10.5 Å². The summed E-state index contributed by atoms with van der Waals surface area (Å²) in [5.74, 6) is -2.49. The smallest absolute Gasteiger partial charge is 0.278 e. The maximum atomic E-state index is 12.5. The van der Waals surface area contributed by atoms with Gasteiger partial charge in [0.25, 0.3) is 5.92 Å². The van der Waals surface area contributed by atoms with E-state index in [0.717, 1.165) is 6.92 Å². The van der Waals surface area contributed by atoms with Gasteiger partial charge in [-0.05, 0) is 30.7 Å². The second-order valence-electron chi connectivity index (χ2n) is 4.02. The van der Waals surface area contributed by atoms with E-state index < -0.39 is 18.6 Å². The van der Waals surface area contributed by atoms with Gasteiger partial charge >= 0.3 is 0 Å².